The van der Waals surface area contributed by atoms with Crippen molar-refractivity contribution in [3.8, 4) is 11.3 Å². The molecule has 20 heavy (non-hydrogen) atoms. The molecule has 0 aliphatic carbocycles. The van der Waals surface area contributed by atoms with Crippen LogP contribution >= 0.6 is 0 Å². The fourth-order valence-corrected chi connectivity index (χ4v) is 3.32. The van der Waals surface area contributed by atoms with Crippen LogP contribution in [0.3, 0.4) is 0 Å². The average molecular weight is 269 g/mol. The maximum absolute atomic E-state index is 5.56. The lowest BCUT2D eigenvalue weighted by molar-refractivity contribution is 0.170. The van der Waals surface area contributed by atoms with Crippen molar-refractivity contribution in [3.63, 3.8) is 0 Å². The predicted octanol–water partition coefficient (Wildman–Crippen LogP) is 2.94. The van der Waals surface area contributed by atoms with Gasteiger partial charge in [0.25, 0.3) is 0 Å². The van der Waals surface area contributed by atoms with Gasteiger partial charge in [-0.15, -0.1) is 0 Å². The number of benzene rings is 1. The number of aromatic nitrogens is 2. The van der Waals surface area contributed by atoms with Gasteiger partial charge in [-0.3, -0.25) is 0 Å². The first kappa shape index (κ1) is 12.0. The Morgan fingerprint density at radius 3 is 2.90 bits per heavy atom. The van der Waals surface area contributed by atoms with E-state index in [9.17, 15) is 0 Å². The van der Waals surface area contributed by atoms with Crippen LogP contribution < -0.4 is 5.32 Å². The molecule has 2 aromatic rings. The molecule has 0 saturated carbocycles. The summed E-state index contributed by atoms with van der Waals surface area (Å²) in [4.78, 5) is 4.75. The summed E-state index contributed by atoms with van der Waals surface area (Å²) in [5.41, 5.74) is 2.23. The minimum atomic E-state index is 0.527. The number of hydrogen-bond donors (Lipinski definition) is 1. The van der Waals surface area contributed by atoms with Crippen molar-refractivity contribution in [2.24, 2.45) is 5.92 Å². The molecule has 1 aromatic carbocycles. The second-order valence-corrected chi connectivity index (χ2v) is 5.63. The molecule has 4 nitrogen and oxygen atoms in total. The Kier molecular flexibility index (Phi) is 2.96. The van der Waals surface area contributed by atoms with Crippen molar-refractivity contribution >= 4 is 5.95 Å². The lowest BCUT2D eigenvalue weighted by Gasteiger charge is -2.29. The van der Waals surface area contributed by atoms with E-state index >= 15 is 0 Å². The number of imidazole rings is 1. The van der Waals surface area contributed by atoms with Crippen LogP contribution in [-0.2, 0) is 4.74 Å². The van der Waals surface area contributed by atoms with Gasteiger partial charge in [0.05, 0.1) is 12.3 Å². The molecule has 1 N–H and O–H groups in total. The van der Waals surface area contributed by atoms with Crippen LogP contribution in [0.15, 0.2) is 36.5 Å². The molecular weight excluding hydrogens is 250 g/mol. The summed E-state index contributed by atoms with van der Waals surface area (Å²) in [7, 11) is 0. The fourth-order valence-electron chi connectivity index (χ4n) is 3.32. The van der Waals surface area contributed by atoms with E-state index in [0.717, 1.165) is 37.8 Å². The van der Waals surface area contributed by atoms with Crippen molar-refractivity contribution < 1.29 is 4.74 Å². The normalized spacial score (nSPS) is 25.2. The van der Waals surface area contributed by atoms with Gasteiger partial charge in [-0.25, -0.2) is 4.98 Å². The number of nitrogens with one attached hydrogen (secondary N) is 1. The number of fused-ring (bicyclic) bond motifs is 1. The Bertz CT molecular complexity index is 587. The van der Waals surface area contributed by atoms with Gasteiger partial charge in [-0.2, -0.15) is 0 Å². The van der Waals surface area contributed by atoms with E-state index < -0.39 is 0 Å². The second kappa shape index (κ2) is 4.94. The highest BCUT2D eigenvalue weighted by Gasteiger charge is 2.31. The van der Waals surface area contributed by atoms with Crippen molar-refractivity contribution in [1.82, 2.24) is 9.55 Å². The molecule has 0 spiro atoms. The number of ether oxygens (including phenoxy) is 1. The zero-order valence-corrected chi connectivity index (χ0v) is 11.5. The number of hydrogen-bond acceptors (Lipinski definition) is 3. The maximum Gasteiger partial charge on any atom is 0.203 e. The molecule has 1 aromatic heterocycles. The third-order valence-electron chi connectivity index (χ3n) is 4.39. The van der Waals surface area contributed by atoms with Gasteiger partial charge < -0.3 is 14.6 Å². The molecule has 0 amide bonds. The quantitative estimate of drug-likeness (QED) is 0.911. The molecule has 1 fully saturated rings. The van der Waals surface area contributed by atoms with E-state index in [2.05, 4.69) is 40.3 Å². The molecule has 2 aliphatic heterocycles. The smallest absolute Gasteiger partial charge is 0.203 e. The van der Waals surface area contributed by atoms with Gasteiger partial charge in [-0.1, -0.05) is 30.3 Å². The van der Waals surface area contributed by atoms with Gasteiger partial charge >= 0.3 is 0 Å². The Morgan fingerprint density at radius 2 is 2.10 bits per heavy atom. The first-order valence-corrected chi connectivity index (χ1v) is 7.38. The lowest BCUT2D eigenvalue weighted by atomic mass is 9.95. The lowest BCUT2D eigenvalue weighted by Crippen LogP contribution is -2.28. The van der Waals surface area contributed by atoms with Gasteiger partial charge in [0.1, 0.15) is 0 Å². The van der Waals surface area contributed by atoms with Gasteiger partial charge in [0.15, 0.2) is 0 Å². The van der Waals surface area contributed by atoms with E-state index in [-0.39, 0.29) is 0 Å². The van der Waals surface area contributed by atoms with E-state index in [1.165, 1.54) is 12.0 Å². The van der Waals surface area contributed by atoms with Crippen LogP contribution in [0.1, 0.15) is 18.9 Å². The van der Waals surface area contributed by atoms with Crippen LogP contribution in [0.4, 0.5) is 5.95 Å². The summed E-state index contributed by atoms with van der Waals surface area (Å²) >= 11 is 0. The van der Waals surface area contributed by atoms with E-state index in [4.69, 9.17) is 9.72 Å². The molecule has 3 heterocycles. The topological polar surface area (TPSA) is 39.1 Å². The largest absolute Gasteiger partial charge is 0.381 e. The highest BCUT2D eigenvalue weighted by Crippen LogP contribution is 2.35. The highest BCUT2D eigenvalue weighted by atomic mass is 16.5. The monoisotopic (exact) mass is 269 g/mol. The molecule has 2 unspecified atom stereocenters. The van der Waals surface area contributed by atoms with Crippen LogP contribution in [0.2, 0.25) is 0 Å². The Morgan fingerprint density at radius 1 is 1.20 bits per heavy atom. The standard InChI is InChI=1S/C16H19N3O/c1-2-4-12(5-3-1)14-10-19-15(13-7-9-20-11-13)6-8-17-16(19)18-14/h1-5,10,13,15H,6-9,11H2,(H,17,18). The summed E-state index contributed by atoms with van der Waals surface area (Å²) < 4.78 is 7.89. The highest BCUT2D eigenvalue weighted by molar-refractivity contribution is 5.60. The van der Waals surface area contributed by atoms with Crippen LogP contribution in [0.5, 0.6) is 0 Å². The third kappa shape index (κ3) is 2.00. The zero-order chi connectivity index (χ0) is 13.4. The zero-order valence-electron chi connectivity index (χ0n) is 11.5. The van der Waals surface area contributed by atoms with Gasteiger partial charge in [-0.05, 0) is 12.8 Å². The molecule has 4 rings (SSSR count). The number of anilines is 1. The van der Waals surface area contributed by atoms with Crippen molar-refractivity contribution in [3.05, 3.63) is 36.5 Å². The predicted molar refractivity (Wildman–Crippen MR) is 78.7 cm³/mol. The Labute approximate surface area is 118 Å². The fraction of sp³-hybridized carbons (Fsp3) is 0.438. The first-order valence-electron chi connectivity index (χ1n) is 7.38. The molecular formula is C16H19N3O. The van der Waals surface area contributed by atoms with Crippen molar-refractivity contribution in [2.45, 2.75) is 18.9 Å². The molecule has 4 heteroatoms. The van der Waals surface area contributed by atoms with Gasteiger partial charge in [0, 0.05) is 36.9 Å². The summed E-state index contributed by atoms with van der Waals surface area (Å²) in [6, 6.07) is 10.9. The number of rotatable bonds is 2. The molecule has 0 radical (unpaired) electrons. The Hall–Kier alpha value is -1.81. The maximum atomic E-state index is 5.56. The van der Waals surface area contributed by atoms with Crippen LogP contribution in [0, 0.1) is 5.92 Å². The van der Waals surface area contributed by atoms with Crippen LogP contribution in [-0.4, -0.2) is 29.3 Å². The third-order valence-corrected chi connectivity index (χ3v) is 4.39. The van der Waals surface area contributed by atoms with E-state index in [1.54, 1.807) is 0 Å². The number of nitrogens with zero attached hydrogens (tertiary/aromatic N) is 2. The van der Waals surface area contributed by atoms with Gasteiger partial charge in [0.2, 0.25) is 5.95 Å². The average Bonchev–Trinajstić information content (AvgIpc) is 3.17. The van der Waals surface area contributed by atoms with Crippen LogP contribution in [0.25, 0.3) is 11.3 Å². The minimum absolute atomic E-state index is 0.527. The molecule has 2 aliphatic rings. The minimum Gasteiger partial charge on any atom is -0.381 e. The summed E-state index contributed by atoms with van der Waals surface area (Å²) in [6.07, 6.45) is 4.52. The summed E-state index contributed by atoms with van der Waals surface area (Å²) in [5, 5.41) is 3.42. The molecule has 1 saturated heterocycles. The van der Waals surface area contributed by atoms with Crippen molar-refractivity contribution in [2.75, 3.05) is 25.1 Å². The molecule has 0 bridgehead atoms. The SMILES string of the molecule is c1ccc(-c2cn3c(n2)NCCC3C2CCOC2)cc1. The van der Waals surface area contributed by atoms with Crippen molar-refractivity contribution in [1.29, 1.82) is 0 Å². The summed E-state index contributed by atoms with van der Waals surface area (Å²) in [6.45, 7) is 2.81. The first-order chi connectivity index (χ1) is 9.92. The van der Waals surface area contributed by atoms with E-state index in [1.807, 2.05) is 6.07 Å². The van der Waals surface area contributed by atoms with E-state index in [0.29, 0.717) is 12.0 Å². The summed E-state index contributed by atoms with van der Waals surface area (Å²) in [5.74, 6) is 1.64. The second-order valence-electron chi connectivity index (χ2n) is 5.63. The molecule has 104 valence electrons. The Balaban J connectivity index is 1.70. The molecule has 2 atom stereocenters.